The second kappa shape index (κ2) is 13.5. The van der Waals surface area contributed by atoms with E-state index < -0.39 is 78.7 Å². The molecule has 12 nitrogen and oxygen atoms in total. The topological polar surface area (TPSA) is 160 Å². The molecule has 1 aliphatic rings. The zero-order valence-corrected chi connectivity index (χ0v) is 20.7. The van der Waals surface area contributed by atoms with Crippen LogP contribution in [0.2, 0.25) is 0 Å². The van der Waals surface area contributed by atoms with E-state index in [9.17, 15) is 33.6 Å². The molecule has 2 atom stereocenters. The van der Waals surface area contributed by atoms with Gasteiger partial charge in [-0.25, -0.2) is 4.79 Å². The van der Waals surface area contributed by atoms with Crippen LogP contribution in [-0.4, -0.2) is 77.3 Å². The molecule has 1 saturated heterocycles. The van der Waals surface area contributed by atoms with E-state index in [0.29, 0.717) is 11.3 Å². The fourth-order valence-electron chi connectivity index (χ4n) is 2.94. The average molecular weight is 500 g/mol. The summed E-state index contributed by atoms with van der Waals surface area (Å²) in [4.78, 5) is 85.8. The number of hydrogen-bond donors (Lipinski definition) is 0. The van der Waals surface area contributed by atoms with Crippen LogP contribution in [0.1, 0.15) is 73.1 Å². The largest absolute Gasteiger partial charge is 0.466 e. The van der Waals surface area contributed by atoms with Crippen molar-refractivity contribution in [2.45, 2.75) is 91.0 Å². The summed E-state index contributed by atoms with van der Waals surface area (Å²) in [6, 6.07) is 0. The maximum atomic E-state index is 12.8. The molecule has 0 aromatic rings. The lowest BCUT2D eigenvalue weighted by molar-refractivity contribution is -0.178. The highest BCUT2D eigenvalue weighted by molar-refractivity contribution is 6.05. The monoisotopic (exact) mass is 499 g/mol. The Morgan fingerprint density at radius 1 is 0.914 bits per heavy atom. The first-order valence-corrected chi connectivity index (χ1v) is 11.3. The van der Waals surface area contributed by atoms with Crippen LogP contribution in [0, 0.1) is 0 Å². The molecule has 0 N–H and O–H groups in total. The van der Waals surface area contributed by atoms with Gasteiger partial charge in [0.2, 0.25) is 17.9 Å². The molecule has 0 aromatic carbocycles. The van der Waals surface area contributed by atoms with Gasteiger partial charge in [0, 0.05) is 19.8 Å². The molecule has 0 aromatic heterocycles. The summed E-state index contributed by atoms with van der Waals surface area (Å²) in [7, 11) is 0. The lowest BCUT2D eigenvalue weighted by Gasteiger charge is -2.24. The molecule has 12 heteroatoms. The summed E-state index contributed by atoms with van der Waals surface area (Å²) in [5, 5.41) is 0. The zero-order valence-electron chi connectivity index (χ0n) is 20.7. The van der Waals surface area contributed by atoms with E-state index in [0.717, 1.165) is 13.3 Å². The van der Waals surface area contributed by atoms with E-state index >= 15 is 0 Å². The molecule has 1 fully saturated rings. The number of imide groups is 1. The zero-order chi connectivity index (χ0) is 26.8. The molecule has 0 spiro atoms. The van der Waals surface area contributed by atoms with Crippen LogP contribution in [0.4, 0.5) is 0 Å². The molecular weight excluding hydrogens is 466 g/mol. The molecular formula is C23H33NO11. The van der Waals surface area contributed by atoms with Gasteiger partial charge in [-0.15, -0.1) is 0 Å². The number of Topliss-reactive ketones (excluding diaryl/α,β-unsaturated/α-hetero) is 1. The molecule has 0 radical (unpaired) electrons. The van der Waals surface area contributed by atoms with Crippen LogP contribution in [0.25, 0.3) is 0 Å². The van der Waals surface area contributed by atoms with E-state index in [1.807, 2.05) is 6.92 Å². The van der Waals surface area contributed by atoms with E-state index in [-0.39, 0.29) is 19.4 Å². The number of amides is 2. The van der Waals surface area contributed by atoms with Gasteiger partial charge in [-0.3, -0.25) is 33.7 Å². The molecule has 2 amide bonds. The summed E-state index contributed by atoms with van der Waals surface area (Å²) in [5.41, 5.74) is -0.905. The number of unbranched alkanes of at least 4 members (excludes halogenated alkanes) is 1. The Bertz CT molecular complexity index is 827. The van der Waals surface area contributed by atoms with Crippen LogP contribution in [0.3, 0.4) is 0 Å². The number of carbonyl (C=O) groups excluding carboxylic acids is 7. The number of ether oxygens (including phenoxy) is 4. The summed E-state index contributed by atoms with van der Waals surface area (Å²) in [6.45, 7) is 7.07. The van der Waals surface area contributed by atoms with Crippen molar-refractivity contribution in [2.75, 3.05) is 13.2 Å². The highest BCUT2D eigenvalue weighted by atomic mass is 16.6. The van der Waals surface area contributed by atoms with Gasteiger partial charge in [0.1, 0.15) is 5.60 Å². The predicted molar refractivity (Wildman–Crippen MR) is 117 cm³/mol. The Balaban J connectivity index is 3.01. The highest BCUT2D eigenvalue weighted by Gasteiger charge is 2.37. The first kappa shape index (κ1) is 29.7. The molecule has 196 valence electrons. The van der Waals surface area contributed by atoms with Gasteiger partial charge < -0.3 is 18.9 Å². The maximum Gasteiger partial charge on any atom is 0.348 e. The summed E-state index contributed by atoms with van der Waals surface area (Å²) < 4.78 is 20.1. The van der Waals surface area contributed by atoms with Gasteiger partial charge in [0.05, 0.1) is 26.0 Å². The van der Waals surface area contributed by atoms with Crippen molar-refractivity contribution in [2.24, 2.45) is 0 Å². The lowest BCUT2D eigenvalue weighted by atomic mass is 10.1. The number of nitrogens with zero attached hydrogens (tertiary/aromatic N) is 1. The third-order valence-corrected chi connectivity index (χ3v) is 4.54. The van der Waals surface area contributed by atoms with E-state index in [1.165, 1.54) is 0 Å². The van der Waals surface area contributed by atoms with E-state index in [2.05, 4.69) is 0 Å². The SMILES string of the molecule is CCCCOC(=O)C[C@H](OC(C)=O)C(=O)O[C@@H](CC(=O)OC(C)(C)C)C(=O)CN1C(=O)CCC1=O. The number of rotatable bonds is 13. The van der Waals surface area contributed by atoms with Crippen LogP contribution >= 0.6 is 0 Å². The van der Waals surface area contributed by atoms with Gasteiger partial charge >= 0.3 is 23.9 Å². The minimum Gasteiger partial charge on any atom is -0.466 e. The molecule has 1 heterocycles. The molecule has 0 saturated carbocycles. The molecule has 1 rings (SSSR count). The van der Waals surface area contributed by atoms with Gasteiger partial charge in [-0.1, -0.05) is 13.3 Å². The van der Waals surface area contributed by atoms with Gasteiger partial charge in [-0.2, -0.15) is 0 Å². The fraction of sp³-hybridized carbons (Fsp3) is 0.696. The van der Waals surface area contributed by atoms with Gasteiger partial charge in [0.25, 0.3) is 0 Å². The number of ketones is 1. The van der Waals surface area contributed by atoms with Crippen molar-refractivity contribution in [3.05, 3.63) is 0 Å². The van der Waals surface area contributed by atoms with Crippen molar-refractivity contribution < 1.29 is 52.5 Å². The highest BCUT2D eigenvalue weighted by Crippen LogP contribution is 2.16. The Morgan fingerprint density at radius 2 is 1.49 bits per heavy atom. The normalized spacial score (nSPS) is 15.3. The summed E-state index contributed by atoms with van der Waals surface area (Å²) in [5.74, 6) is -5.93. The molecule has 1 aliphatic heterocycles. The quantitative estimate of drug-likeness (QED) is 0.154. The van der Waals surface area contributed by atoms with Gasteiger partial charge in [0.15, 0.2) is 11.9 Å². The van der Waals surface area contributed by atoms with Gasteiger partial charge in [-0.05, 0) is 27.2 Å². The first-order valence-electron chi connectivity index (χ1n) is 11.3. The number of likely N-dealkylation sites (tertiary alicyclic amines) is 1. The summed E-state index contributed by atoms with van der Waals surface area (Å²) >= 11 is 0. The number of esters is 4. The second-order valence-electron chi connectivity index (χ2n) is 8.93. The fourth-order valence-corrected chi connectivity index (χ4v) is 2.94. The maximum absolute atomic E-state index is 12.8. The van der Waals surface area contributed by atoms with Crippen molar-refractivity contribution >= 4 is 41.5 Å². The Hall–Kier alpha value is -3.31. The molecule has 0 unspecified atom stereocenters. The Kier molecular flexibility index (Phi) is 11.5. The van der Waals surface area contributed by atoms with Crippen molar-refractivity contribution in [1.29, 1.82) is 0 Å². The van der Waals surface area contributed by atoms with Crippen LogP contribution < -0.4 is 0 Å². The first-order chi connectivity index (χ1) is 16.2. The third-order valence-electron chi connectivity index (χ3n) is 4.54. The predicted octanol–water partition coefficient (Wildman–Crippen LogP) is 1.01. The molecule has 0 bridgehead atoms. The lowest BCUT2D eigenvalue weighted by Crippen LogP contribution is -2.43. The minimum absolute atomic E-state index is 0.0582. The minimum atomic E-state index is -1.76. The van der Waals surface area contributed by atoms with Crippen molar-refractivity contribution in [1.82, 2.24) is 4.90 Å². The Morgan fingerprint density at radius 3 is 2.00 bits per heavy atom. The molecule has 0 aliphatic carbocycles. The van der Waals surface area contributed by atoms with Crippen LogP contribution in [0.5, 0.6) is 0 Å². The smallest absolute Gasteiger partial charge is 0.348 e. The Labute approximate surface area is 203 Å². The third kappa shape index (κ3) is 11.1. The summed E-state index contributed by atoms with van der Waals surface area (Å²) in [6.07, 6.45) is -3.63. The molecule has 35 heavy (non-hydrogen) atoms. The van der Waals surface area contributed by atoms with Crippen molar-refractivity contribution in [3.8, 4) is 0 Å². The van der Waals surface area contributed by atoms with E-state index in [1.54, 1.807) is 20.8 Å². The second-order valence-corrected chi connectivity index (χ2v) is 8.93. The van der Waals surface area contributed by atoms with Crippen molar-refractivity contribution in [3.63, 3.8) is 0 Å². The number of carbonyl (C=O) groups is 7. The van der Waals surface area contributed by atoms with Crippen LogP contribution in [-0.2, 0) is 52.5 Å². The number of hydrogen-bond acceptors (Lipinski definition) is 11. The van der Waals surface area contributed by atoms with Crippen LogP contribution in [0.15, 0.2) is 0 Å². The van der Waals surface area contributed by atoms with E-state index in [4.69, 9.17) is 18.9 Å². The average Bonchev–Trinajstić information content (AvgIpc) is 3.03. The standard InChI is InChI=1S/C23H33NO11/c1-6-7-10-32-20(29)12-17(33-14(2)25)22(31)34-16(11-21(30)35-23(3,4)5)15(26)13-24-18(27)8-9-19(24)28/h16-17H,6-13H2,1-5H3/t16-,17-/m0/s1.